The van der Waals surface area contributed by atoms with Gasteiger partial charge in [-0.25, -0.2) is 0 Å². The third-order valence-corrected chi connectivity index (χ3v) is 4.50. The van der Waals surface area contributed by atoms with E-state index in [9.17, 15) is 0 Å². The van der Waals surface area contributed by atoms with Gasteiger partial charge >= 0.3 is 0 Å². The molecule has 0 spiro atoms. The largest absolute Gasteiger partial charge is 0.377 e. The number of hydrogen-bond donors (Lipinski definition) is 1. The lowest BCUT2D eigenvalue weighted by Crippen LogP contribution is -2.53. The fourth-order valence-corrected chi connectivity index (χ4v) is 3.75. The molecule has 1 saturated heterocycles. The Kier molecular flexibility index (Phi) is 5.05. The van der Waals surface area contributed by atoms with Crippen LogP contribution in [0.2, 0.25) is 0 Å². The van der Waals surface area contributed by atoms with Crippen LogP contribution in [0.15, 0.2) is 0 Å². The number of nitrogens with two attached hydrogens (primary N) is 1. The first-order valence-electron chi connectivity index (χ1n) is 7.66. The number of rotatable bonds is 4. The van der Waals surface area contributed by atoms with Crippen molar-refractivity contribution < 1.29 is 4.74 Å². The van der Waals surface area contributed by atoms with Crippen molar-refractivity contribution in [1.29, 1.82) is 0 Å². The summed E-state index contributed by atoms with van der Waals surface area (Å²) in [4.78, 5) is 2.40. The Bertz CT molecular complexity index is 253. The Morgan fingerprint density at radius 2 is 2.11 bits per heavy atom. The first-order chi connectivity index (χ1) is 8.57. The van der Waals surface area contributed by atoms with Gasteiger partial charge in [-0.05, 0) is 45.1 Å². The molecule has 2 rings (SSSR count). The van der Waals surface area contributed by atoms with E-state index in [1.165, 1.54) is 44.9 Å². The maximum Gasteiger partial charge on any atom is 0.0701 e. The van der Waals surface area contributed by atoms with Crippen LogP contribution in [0.25, 0.3) is 0 Å². The van der Waals surface area contributed by atoms with E-state index in [2.05, 4.69) is 18.9 Å². The van der Waals surface area contributed by atoms with Crippen molar-refractivity contribution >= 4 is 0 Å². The first-order valence-corrected chi connectivity index (χ1v) is 7.66. The summed E-state index contributed by atoms with van der Waals surface area (Å²) in [7, 11) is 2.20. The Balaban J connectivity index is 1.76. The summed E-state index contributed by atoms with van der Waals surface area (Å²) < 4.78 is 5.81. The molecule has 0 bridgehead atoms. The minimum atomic E-state index is 0.0427. The molecule has 0 aromatic heterocycles. The van der Waals surface area contributed by atoms with Gasteiger partial charge in [0.15, 0.2) is 0 Å². The lowest BCUT2D eigenvalue weighted by Gasteiger charge is -2.40. The van der Waals surface area contributed by atoms with Gasteiger partial charge in [-0.15, -0.1) is 0 Å². The van der Waals surface area contributed by atoms with Gasteiger partial charge in [0.05, 0.1) is 6.10 Å². The molecule has 18 heavy (non-hydrogen) atoms. The molecule has 1 aliphatic carbocycles. The van der Waals surface area contributed by atoms with Gasteiger partial charge in [-0.3, -0.25) is 0 Å². The van der Waals surface area contributed by atoms with Gasteiger partial charge in [0.2, 0.25) is 0 Å². The lowest BCUT2D eigenvalue weighted by atomic mass is 9.77. The zero-order valence-corrected chi connectivity index (χ0v) is 12.2. The molecule has 0 radical (unpaired) electrons. The molecule has 1 saturated carbocycles. The van der Waals surface area contributed by atoms with E-state index in [0.717, 1.165) is 25.6 Å². The molecule has 3 unspecified atom stereocenters. The quantitative estimate of drug-likeness (QED) is 0.837. The van der Waals surface area contributed by atoms with Crippen molar-refractivity contribution in [3.63, 3.8) is 0 Å². The summed E-state index contributed by atoms with van der Waals surface area (Å²) >= 11 is 0. The highest BCUT2D eigenvalue weighted by Crippen LogP contribution is 2.31. The summed E-state index contributed by atoms with van der Waals surface area (Å²) in [5.74, 6) is 0.795. The molecular formula is C15H30N2O. The van der Waals surface area contributed by atoms with Crippen LogP contribution in [0, 0.1) is 5.92 Å². The van der Waals surface area contributed by atoms with Crippen LogP contribution in [0.5, 0.6) is 0 Å². The lowest BCUT2D eigenvalue weighted by molar-refractivity contribution is -0.00599. The van der Waals surface area contributed by atoms with Crippen LogP contribution in [0.1, 0.15) is 51.9 Å². The Labute approximate surface area is 112 Å². The zero-order valence-electron chi connectivity index (χ0n) is 12.2. The smallest absolute Gasteiger partial charge is 0.0701 e. The molecule has 0 amide bonds. The van der Waals surface area contributed by atoms with Crippen LogP contribution >= 0.6 is 0 Å². The van der Waals surface area contributed by atoms with Crippen molar-refractivity contribution in [1.82, 2.24) is 4.90 Å². The topological polar surface area (TPSA) is 38.5 Å². The van der Waals surface area contributed by atoms with E-state index in [1.54, 1.807) is 0 Å². The highest BCUT2D eigenvalue weighted by atomic mass is 16.5. The van der Waals surface area contributed by atoms with Crippen LogP contribution < -0.4 is 5.73 Å². The molecule has 2 fully saturated rings. The van der Waals surface area contributed by atoms with Crippen molar-refractivity contribution in [2.24, 2.45) is 11.7 Å². The van der Waals surface area contributed by atoms with Crippen LogP contribution in [-0.2, 0) is 4.74 Å². The summed E-state index contributed by atoms with van der Waals surface area (Å²) in [6.07, 6.45) is 9.24. The second-order valence-electron chi connectivity index (χ2n) is 6.75. The highest BCUT2D eigenvalue weighted by Gasteiger charge is 2.32. The fraction of sp³-hybridized carbons (Fsp3) is 1.00. The number of likely N-dealkylation sites (N-methyl/N-ethyl adjacent to an activating group) is 1. The van der Waals surface area contributed by atoms with Gasteiger partial charge in [-0.2, -0.15) is 0 Å². The first kappa shape index (κ1) is 14.3. The molecule has 1 heterocycles. The van der Waals surface area contributed by atoms with Crippen LogP contribution in [0.4, 0.5) is 0 Å². The van der Waals surface area contributed by atoms with E-state index >= 15 is 0 Å². The Morgan fingerprint density at radius 3 is 2.78 bits per heavy atom. The van der Waals surface area contributed by atoms with Gasteiger partial charge in [0.1, 0.15) is 0 Å². The van der Waals surface area contributed by atoms with Crippen molar-refractivity contribution in [2.45, 2.75) is 63.5 Å². The molecule has 106 valence electrons. The van der Waals surface area contributed by atoms with Crippen LogP contribution in [-0.4, -0.2) is 43.3 Å². The predicted octanol–water partition coefficient (Wildman–Crippen LogP) is 2.39. The molecule has 0 aromatic rings. The summed E-state index contributed by atoms with van der Waals surface area (Å²) in [6.45, 7) is 5.36. The molecule has 3 heteroatoms. The third kappa shape index (κ3) is 4.22. The minimum Gasteiger partial charge on any atom is -0.377 e. The average Bonchev–Trinajstić information content (AvgIpc) is 2.28. The van der Waals surface area contributed by atoms with E-state index < -0.39 is 0 Å². The molecule has 2 aliphatic rings. The molecule has 2 N–H and O–H groups in total. The minimum absolute atomic E-state index is 0.0427. The molecule has 3 nitrogen and oxygen atoms in total. The number of ether oxygens (including phenoxy) is 1. The fourth-order valence-electron chi connectivity index (χ4n) is 3.75. The van der Waals surface area contributed by atoms with Crippen molar-refractivity contribution in [3.05, 3.63) is 0 Å². The summed E-state index contributed by atoms with van der Waals surface area (Å²) in [5.41, 5.74) is 6.62. The van der Waals surface area contributed by atoms with E-state index in [1.807, 2.05) is 0 Å². The van der Waals surface area contributed by atoms with E-state index in [-0.39, 0.29) is 5.54 Å². The summed E-state index contributed by atoms with van der Waals surface area (Å²) in [6, 6.07) is 0. The van der Waals surface area contributed by atoms with Gasteiger partial charge in [0.25, 0.3) is 0 Å². The third-order valence-electron chi connectivity index (χ3n) is 4.50. The number of hydrogen-bond acceptors (Lipinski definition) is 3. The molecule has 0 aromatic carbocycles. The number of nitrogens with zero attached hydrogens (tertiary/aromatic N) is 1. The van der Waals surface area contributed by atoms with Gasteiger partial charge < -0.3 is 15.4 Å². The highest BCUT2D eigenvalue weighted by molar-refractivity contribution is 4.92. The van der Waals surface area contributed by atoms with Gasteiger partial charge in [-0.1, -0.05) is 19.8 Å². The van der Waals surface area contributed by atoms with E-state index in [0.29, 0.717) is 6.10 Å². The standard InChI is InChI=1S/C15H30N2O/c1-13-6-5-8-15(16,10-13)12-17(2)11-14-7-3-4-9-18-14/h13-14H,3-12,16H2,1-2H3. The monoisotopic (exact) mass is 254 g/mol. The SMILES string of the molecule is CC1CCCC(N)(CN(C)CC2CCCCO2)C1. The maximum atomic E-state index is 6.57. The zero-order chi connectivity index (χ0) is 13.0. The molecular weight excluding hydrogens is 224 g/mol. The second kappa shape index (κ2) is 6.36. The van der Waals surface area contributed by atoms with Crippen molar-refractivity contribution in [3.8, 4) is 0 Å². The van der Waals surface area contributed by atoms with Gasteiger partial charge in [0, 0.05) is 25.2 Å². The van der Waals surface area contributed by atoms with Crippen LogP contribution in [0.3, 0.4) is 0 Å². The maximum absolute atomic E-state index is 6.57. The Hall–Kier alpha value is -0.120. The summed E-state index contributed by atoms with van der Waals surface area (Å²) in [5, 5.41) is 0. The molecule has 1 aliphatic heterocycles. The molecule has 3 atom stereocenters. The normalized spacial score (nSPS) is 38.0. The van der Waals surface area contributed by atoms with Crippen molar-refractivity contribution in [2.75, 3.05) is 26.7 Å². The average molecular weight is 254 g/mol. The van der Waals surface area contributed by atoms with E-state index in [4.69, 9.17) is 10.5 Å². The predicted molar refractivity (Wildman–Crippen MR) is 75.6 cm³/mol. The Morgan fingerprint density at radius 1 is 1.28 bits per heavy atom. The second-order valence-corrected chi connectivity index (χ2v) is 6.75.